The Morgan fingerprint density at radius 3 is 2.62 bits per heavy atom. The third-order valence-corrected chi connectivity index (χ3v) is 3.51. The van der Waals surface area contributed by atoms with Crippen LogP contribution in [0.2, 0.25) is 0 Å². The van der Waals surface area contributed by atoms with E-state index in [9.17, 15) is 9.59 Å². The predicted molar refractivity (Wildman–Crippen MR) is 85.8 cm³/mol. The molecule has 24 heavy (non-hydrogen) atoms. The van der Waals surface area contributed by atoms with Crippen molar-refractivity contribution in [2.45, 2.75) is 0 Å². The Kier molecular flexibility index (Phi) is 3.91. The summed E-state index contributed by atoms with van der Waals surface area (Å²) in [5.74, 6) is -0.209. The Hall–Kier alpha value is -3.35. The van der Waals surface area contributed by atoms with Crippen LogP contribution in [0.3, 0.4) is 0 Å². The molecule has 0 unspecified atom stereocenters. The molecule has 3 rings (SSSR count). The molecule has 1 heterocycles. The predicted octanol–water partition coefficient (Wildman–Crippen LogP) is 2.57. The van der Waals surface area contributed by atoms with Crippen LogP contribution >= 0.6 is 0 Å². The average molecular weight is 327 g/mol. The minimum absolute atomic E-state index is 0.0108. The van der Waals surface area contributed by atoms with Gasteiger partial charge in [0.15, 0.2) is 11.5 Å². The van der Waals surface area contributed by atoms with Gasteiger partial charge in [-0.3, -0.25) is 0 Å². The van der Waals surface area contributed by atoms with Crippen LogP contribution in [0.15, 0.2) is 45.6 Å². The van der Waals surface area contributed by atoms with Crippen molar-refractivity contribution in [1.82, 2.24) is 4.98 Å². The van der Waals surface area contributed by atoms with E-state index in [1.54, 1.807) is 18.2 Å². The van der Waals surface area contributed by atoms with Crippen LogP contribution in [0.1, 0.15) is 10.4 Å². The molecule has 1 N–H and O–H groups in total. The Bertz CT molecular complexity index is 992. The fourth-order valence-corrected chi connectivity index (χ4v) is 2.38. The molecular formula is C17H13NO6. The van der Waals surface area contributed by atoms with Crippen molar-refractivity contribution in [3.05, 3.63) is 52.4 Å². The van der Waals surface area contributed by atoms with Crippen molar-refractivity contribution in [3.8, 4) is 23.0 Å². The second-order valence-corrected chi connectivity index (χ2v) is 4.88. The molecular weight excluding hydrogens is 314 g/mol. The molecule has 7 nitrogen and oxygen atoms in total. The maximum absolute atomic E-state index is 12.2. The molecule has 0 saturated heterocycles. The fourth-order valence-electron chi connectivity index (χ4n) is 2.38. The molecule has 0 radical (unpaired) electrons. The third-order valence-electron chi connectivity index (χ3n) is 3.51. The largest absolute Gasteiger partial charge is 0.493 e. The summed E-state index contributed by atoms with van der Waals surface area (Å²) in [5, 5.41) is 9.11. The summed E-state index contributed by atoms with van der Waals surface area (Å²) in [6.45, 7) is 0. The Balaban J connectivity index is 2.24. The number of ether oxygens (including phenoxy) is 2. The van der Waals surface area contributed by atoms with Crippen molar-refractivity contribution in [1.29, 1.82) is 0 Å². The normalized spacial score (nSPS) is 10.6. The van der Waals surface area contributed by atoms with Crippen molar-refractivity contribution < 1.29 is 23.8 Å². The van der Waals surface area contributed by atoms with E-state index in [1.807, 2.05) is 0 Å². The number of carboxylic acid groups (broad SMARTS) is 1. The van der Waals surface area contributed by atoms with Gasteiger partial charge in [0.05, 0.1) is 36.2 Å². The minimum Gasteiger partial charge on any atom is -0.493 e. The summed E-state index contributed by atoms with van der Waals surface area (Å²) in [6, 6.07) is 9.19. The molecule has 0 fully saturated rings. The molecule has 0 bridgehead atoms. The van der Waals surface area contributed by atoms with Crippen LogP contribution in [0.5, 0.6) is 11.5 Å². The molecule has 1 aromatic heterocycles. The number of rotatable bonds is 4. The second kappa shape index (κ2) is 6.04. The van der Waals surface area contributed by atoms with E-state index in [2.05, 4.69) is 4.98 Å². The standard InChI is InChI=1S/C17H13NO6/c1-22-13-5-3-4-10(14(13)23-2)15-18-12-7-6-9(16(19)20)8-11(12)17(21)24-15/h3-8H,1-2H3,(H,19,20). The van der Waals surface area contributed by atoms with E-state index in [1.165, 1.54) is 32.4 Å². The first-order chi connectivity index (χ1) is 11.5. The maximum atomic E-state index is 12.2. The van der Waals surface area contributed by atoms with E-state index >= 15 is 0 Å². The Morgan fingerprint density at radius 2 is 1.96 bits per heavy atom. The summed E-state index contributed by atoms with van der Waals surface area (Å²) in [4.78, 5) is 27.5. The van der Waals surface area contributed by atoms with Crippen molar-refractivity contribution in [2.75, 3.05) is 14.2 Å². The van der Waals surface area contributed by atoms with E-state index in [4.69, 9.17) is 19.0 Å². The van der Waals surface area contributed by atoms with Gasteiger partial charge in [0, 0.05) is 0 Å². The number of nitrogens with zero attached hydrogens (tertiary/aromatic N) is 1. The highest BCUT2D eigenvalue weighted by Crippen LogP contribution is 2.36. The molecule has 7 heteroatoms. The van der Waals surface area contributed by atoms with Crippen LogP contribution in [0.4, 0.5) is 0 Å². The lowest BCUT2D eigenvalue weighted by Gasteiger charge is -2.11. The van der Waals surface area contributed by atoms with Crippen LogP contribution in [-0.4, -0.2) is 30.3 Å². The molecule has 0 spiro atoms. The molecule has 0 atom stereocenters. The smallest absolute Gasteiger partial charge is 0.347 e. The first-order valence-electron chi connectivity index (χ1n) is 6.94. The molecule has 0 amide bonds. The lowest BCUT2D eigenvalue weighted by Crippen LogP contribution is -2.06. The lowest BCUT2D eigenvalue weighted by molar-refractivity contribution is 0.0697. The van der Waals surface area contributed by atoms with Crippen LogP contribution in [0.25, 0.3) is 22.4 Å². The highest BCUT2D eigenvalue weighted by molar-refractivity contribution is 5.93. The van der Waals surface area contributed by atoms with Gasteiger partial charge in [-0.2, -0.15) is 0 Å². The first kappa shape index (κ1) is 15.5. The zero-order valence-electron chi connectivity index (χ0n) is 12.9. The molecule has 0 saturated carbocycles. The molecule has 0 aliphatic heterocycles. The number of aromatic nitrogens is 1. The Morgan fingerprint density at radius 1 is 1.17 bits per heavy atom. The van der Waals surface area contributed by atoms with E-state index in [0.29, 0.717) is 22.6 Å². The number of aromatic carboxylic acids is 1. The third kappa shape index (κ3) is 2.56. The van der Waals surface area contributed by atoms with Crippen molar-refractivity contribution in [2.24, 2.45) is 0 Å². The summed E-state index contributed by atoms with van der Waals surface area (Å²) in [6.07, 6.45) is 0. The van der Waals surface area contributed by atoms with Gasteiger partial charge in [-0.15, -0.1) is 0 Å². The number of carboxylic acids is 1. The Labute approximate surface area is 136 Å². The average Bonchev–Trinajstić information content (AvgIpc) is 2.60. The summed E-state index contributed by atoms with van der Waals surface area (Å²) >= 11 is 0. The van der Waals surface area contributed by atoms with Gasteiger partial charge in [-0.1, -0.05) is 6.07 Å². The lowest BCUT2D eigenvalue weighted by atomic mass is 10.1. The molecule has 122 valence electrons. The van der Waals surface area contributed by atoms with Gasteiger partial charge >= 0.3 is 11.6 Å². The van der Waals surface area contributed by atoms with Gasteiger partial charge in [-0.25, -0.2) is 14.6 Å². The van der Waals surface area contributed by atoms with Gasteiger partial charge in [-0.05, 0) is 30.3 Å². The van der Waals surface area contributed by atoms with E-state index < -0.39 is 11.6 Å². The molecule has 2 aromatic carbocycles. The van der Waals surface area contributed by atoms with Crippen LogP contribution in [-0.2, 0) is 0 Å². The summed E-state index contributed by atoms with van der Waals surface area (Å²) < 4.78 is 15.8. The van der Waals surface area contributed by atoms with Gasteiger partial charge in [0.25, 0.3) is 0 Å². The first-order valence-corrected chi connectivity index (χ1v) is 6.94. The van der Waals surface area contributed by atoms with Gasteiger partial charge < -0.3 is 19.0 Å². The number of carbonyl (C=O) groups is 1. The zero-order chi connectivity index (χ0) is 17.3. The number of benzene rings is 2. The number of hydrogen-bond acceptors (Lipinski definition) is 6. The number of hydrogen-bond donors (Lipinski definition) is 1. The van der Waals surface area contributed by atoms with Gasteiger partial charge in [0.1, 0.15) is 0 Å². The van der Waals surface area contributed by atoms with Gasteiger partial charge in [0.2, 0.25) is 5.89 Å². The molecule has 0 aliphatic rings. The topological polar surface area (TPSA) is 98.9 Å². The van der Waals surface area contributed by atoms with E-state index in [-0.39, 0.29) is 16.8 Å². The van der Waals surface area contributed by atoms with Crippen LogP contribution in [0, 0.1) is 0 Å². The number of methoxy groups -OCH3 is 2. The number of fused-ring (bicyclic) bond motifs is 1. The maximum Gasteiger partial charge on any atom is 0.347 e. The second-order valence-electron chi connectivity index (χ2n) is 4.88. The quantitative estimate of drug-likeness (QED) is 0.786. The monoisotopic (exact) mass is 327 g/mol. The minimum atomic E-state index is -1.13. The van der Waals surface area contributed by atoms with Crippen molar-refractivity contribution in [3.63, 3.8) is 0 Å². The number of para-hydroxylation sites is 1. The SMILES string of the molecule is COc1cccc(-c2nc3ccc(C(=O)O)cc3c(=O)o2)c1OC. The zero-order valence-corrected chi connectivity index (χ0v) is 12.9. The molecule has 0 aliphatic carbocycles. The summed E-state index contributed by atoms with van der Waals surface area (Å²) in [5.41, 5.74) is 0.0977. The van der Waals surface area contributed by atoms with Crippen molar-refractivity contribution >= 4 is 16.9 Å². The highest BCUT2D eigenvalue weighted by Gasteiger charge is 2.17. The van der Waals surface area contributed by atoms with Crippen LogP contribution < -0.4 is 15.1 Å². The van der Waals surface area contributed by atoms with E-state index in [0.717, 1.165) is 0 Å². The highest BCUT2D eigenvalue weighted by atomic mass is 16.5. The summed E-state index contributed by atoms with van der Waals surface area (Å²) in [7, 11) is 2.97. The molecule has 3 aromatic rings. The fraction of sp³-hybridized carbons (Fsp3) is 0.118.